The van der Waals surface area contributed by atoms with Crippen molar-refractivity contribution >= 4 is 57.1 Å². The molecule has 3 aromatic carbocycles. The number of carbonyl (C=O) groups is 1. The molecule has 44 heavy (non-hydrogen) atoms. The first-order valence-corrected chi connectivity index (χ1v) is 14.6. The SMILES string of the molecule is N#Cc1cnc2c(Cl)cc(N[C@H](C3=CN(CC(=O)N4CCOCC4)NN3)c3ccccc3)cc2c1Nc1ccc(F)c(Cl)c1. The van der Waals surface area contributed by atoms with Crippen molar-refractivity contribution in [2.24, 2.45) is 0 Å². The van der Waals surface area contributed by atoms with Gasteiger partial charge in [0.05, 0.1) is 51.8 Å². The fourth-order valence-corrected chi connectivity index (χ4v) is 5.54. The van der Waals surface area contributed by atoms with E-state index in [1.165, 1.54) is 24.4 Å². The smallest absolute Gasteiger partial charge is 0.243 e. The van der Waals surface area contributed by atoms with Crippen LogP contribution < -0.4 is 21.6 Å². The second-order valence-electron chi connectivity index (χ2n) is 10.2. The predicted molar refractivity (Wildman–Crippen MR) is 167 cm³/mol. The maximum absolute atomic E-state index is 13.8. The zero-order valence-corrected chi connectivity index (χ0v) is 24.8. The van der Waals surface area contributed by atoms with E-state index < -0.39 is 5.82 Å². The number of ether oxygens (including phenoxy) is 1. The van der Waals surface area contributed by atoms with E-state index in [2.05, 4.69) is 32.6 Å². The lowest BCUT2D eigenvalue weighted by molar-refractivity contribution is -0.136. The van der Waals surface area contributed by atoms with Gasteiger partial charge in [-0.05, 0) is 35.9 Å². The molecule has 1 atom stereocenters. The first-order chi connectivity index (χ1) is 21.4. The van der Waals surface area contributed by atoms with Crippen molar-refractivity contribution in [1.29, 1.82) is 5.26 Å². The molecule has 13 heteroatoms. The molecule has 0 unspecified atom stereocenters. The molecule has 0 spiro atoms. The van der Waals surface area contributed by atoms with Gasteiger partial charge in [0.1, 0.15) is 18.4 Å². The summed E-state index contributed by atoms with van der Waals surface area (Å²) in [7, 11) is 0. The minimum atomic E-state index is -0.549. The first kappa shape index (κ1) is 29.5. The van der Waals surface area contributed by atoms with Crippen LogP contribution in [0.4, 0.5) is 21.5 Å². The normalized spacial score (nSPS) is 15.4. The Morgan fingerprint density at radius 3 is 2.61 bits per heavy atom. The average Bonchev–Trinajstić information content (AvgIpc) is 3.50. The van der Waals surface area contributed by atoms with Crippen molar-refractivity contribution in [3.05, 3.63) is 106 Å². The molecule has 0 radical (unpaired) electrons. The van der Waals surface area contributed by atoms with Gasteiger partial charge in [-0.1, -0.05) is 53.5 Å². The van der Waals surface area contributed by atoms with Crippen LogP contribution in [0.15, 0.2) is 78.8 Å². The Morgan fingerprint density at radius 1 is 1.09 bits per heavy atom. The van der Waals surface area contributed by atoms with E-state index in [4.69, 9.17) is 27.9 Å². The number of nitriles is 1. The molecule has 0 aliphatic carbocycles. The third-order valence-corrected chi connectivity index (χ3v) is 7.88. The van der Waals surface area contributed by atoms with Gasteiger partial charge >= 0.3 is 0 Å². The Morgan fingerprint density at radius 2 is 1.86 bits per heavy atom. The van der Waals surface area contributed by atoms with Gasteiger partial charge in [0, 0.05) is 42.2 Å². The van der Waals surface area contributed by atoms with Gasteiger partial charge in [-0.3, -0.25) is 14.8 Å². The number of hydrogen-bond acceptors (Lipinski definition) is 9. The van der Waals surface area contributed by atoms with E-state index in [1.54, 1.807) is 16.0 Å². The number of pyridine rings is 1. The van der Waals surface area contributed by atoms with Crippen molar-refractivity contribution < 1.29 is 13.9 Å². The van der Waals surface area contributed by atoms with Crippen LogP contribution in [0.3, 0.4) is 0 Å². The number of rotatable bonds is 8. The number of aromatic nitrogens is 1. The quantitative estimate of drug-likeness (QED) is 0.200. The molecule has 4 aromatic rings. The van der Waals surface area contributed by atoms with Crippen molar-refractivity contribution in [3.63, 3.8) is 0 Å². The molecule has 1 aromatic heterocycles. The lowest BCUT2D eigenvalue weighted by Gasteiger charge is -2.28. The third-order valence-electron chi connectivity index (χ3n) is 7.30. The number of nitrogens with one attached hydrogen (secondary N) is 4. The van der Waals surface area contributed by atoms with Crippen LogP contribution in [0.5, 0.6) is 0 Å². The van der Waals surface area contributed by atoms with Gasteiger partial charge in [0.25, 0.3) is 0 Å². The first-order valence-electron chi connectivity index (χ1n) is 13.8. The topological polar surface area (TPSA) is 118 Å². The Kier molecular flexibility index (Phi) is 8.67. The van der Waals surface area contributed by atoms with E-state index in [1.807, 2.05) is 42.6 Å². The lowest BCUT2D eigenvalue weighted by Crippen LogP contribution is -2.48. The van der Waals surface area contributed by atoms with Crippen molar-refractivity contribution in [2.45, 2.75) is 6.04 Å². The van der Waals surface area contributed by atoms with Crippen molar-refractivity contribution in [1.82, 2.24) is 25.9 Å². The van der Waals surface area contributed by atoms with Crippen LogP contribution in [-0.2, 0) is 9.53 Å². The molecule has 1 fully saturated rings. The number of anilines is 3. The van der Waals surface area contributed by atoms with Gasteiger partial charge < -0.3 is 25.7 Å². The molecule has 224 valence electrons. The maximum atomic E-state index is 13.8. The number of hydrazine groups is 2. The minimum Gasteiger partial charge on any atom is -0.378 e. The Labute approximate surface area is 262 Å². The van der Waals surface area contributed by atoms with Crippen LogP contribution in [0.2, 0.25) is 10.0 Å². The molecular weight excluding hydrogens is 606 g/mol. The zero-order valence-electron chi connectivity index (χ0n) is 23.3. The second-order valence-corrected chi connectivity index (χ2v) is 11.0. The molecular formula is C31H27Cl2FN8O2. The standard InChI is InChI=1S/C31H27Cl2FN8O2/c32-24-13-21(6-7-26(24)34)37-29-20(15-35)16-36-31-23(29)12-22(14-25(31)33)38-30(19-4-2-1-3-5-19)27-17-42(40-39-27)18-28(43)41-8-10-44-11-9-41/h1-7,12-14,16-17,30,38-40H,8-11,18H2,(H,36,37)/t30-/m0/s1. The third kappa shape index (κ3) is 6.34. The zero-order chi connectivity index (χ0) is 30.6. The summed E-state index contributed by atoms with van der Waals surface area (Å²) in [5, 5.41) is 19.2. The van der Waals surface area contributed by atoms with Gasteiger partial charge in [0.2, 0.25) is 5.91 Å². The van der Waals surface area contributed by atoms with Crippen molar-refractivity contribution in [2.75, 3.05) is 43.5 Å². The fraction of sp³-hybridized carbons (Fsp3) is 0.194. The molecule has 10 nitrogen and oxygen atoms in total. The van der Waals surface area contributed by atoms with Crippen LogP contribution in [0.25, 0.3) is 10.9 Å². The molecule has 1 saturated heterocycles. The summed E-state index contributed by atoms with van der Waals surface area (Å²) in [6.07, 6.45) is 3.29. The Balaban J connectivity index is 1.33. The average molecular weight is 634 g/mol. The molecule has 6 rings (SSSR count). The monoisotopic (exact) mass is 632 g/mol. The number of benzene rings is 3. The van der Waals surface area contributed by atoms with E-state index in [0.717, 1.165) is 11.3 Å². The Bertz CT molecular complexity index is 1780. The van der Waals surface area contributed by atoms with E-state index in [0.29, 0.717) is 59.3 Å². The molecule has 0 bridgehead atoms. The number of nitrogens with zero attached hydrogens (tertiary/aromatic N) is 4. The van der Waals surface area contributed by atoms with E-state index in [9.17, 15) is 14.4 Å². The summed E-state index contributed by atoms with van der Waals surface area (Å²) in [6, 6.07) is 19.4. The second kappa shape index (κ2) is 13.0. The van der Waals surface area contributed by atoms with Gasteiger partial charge in [-0.15, -0.1) is 5.53 Å². The molecule has 4 N–H and O–H groups in total. The number of fused-ring (bicyclic) bond motifs is 1. The van der Waals surface area contributed by atoms with E-state index in [-0.39, 0.29) is 29.1 Å². The largest absolute Gasteiger partial charge is 0.378 e. The predicted octanol–water partition coefficient (Wildman–Crippen LogP) is 5.47. The highest BCUT2D eigenvalue weighted by atomic mass is 35.5. The summed E-state index contributed by atoms with van der Waals surface area (Å²) < 4.78 is 19.2. The molecule has 1 amide bonds. The van der Waals surface area contributed by atoms with Gasteiger partial charge in [-0.25, -0.2) is 4.39 Å². The highest BCUT2D eigenvalue weighted by Crippen LogP contribution is 2.37. The highest BCUT2D eigenvalue weighted by molar-refractivity contribution is 6.36. The number of hydrogen-bond donors (Lipinski definition) is 4. The molecule has 3 heterocycles. The number of carbonyl (C=O) groups excluding carboxylic acids is 1. The summed E-state index contributed by atoms with van der Waals surface area (Å²) >= 11 is 12.7. The van der Waals surface area contributed by atoms with E-state index >= 15 is 0 Å². The summed E-state index contributed by atoms with van der Waals surface area (Å²) in [5.74, 6) is -0.555. The van der Waals surface area contributed by atoms with Crippen LogP contribution >= 0.6 is 23.2 Å². The fourth-order valence-electron chi connectivity index (χ4n) is 5.09. The van der Waals surface area contributed by atoms with Crippen molar-refractivity contribution in [3.8, 4) is 6.07 Å². The highest BCUT2D eigenvalue weighted by Gasteiger charge is 2.26. The van der Waals surface area contributed by atoms with Crippen LogP contribution in [-0.4, -0.2) is 53.6 Å². The summed E-state index contributed by atoms with van der Waals surface area (Å²) in [4.78, 5) is 19.1. The molecule has 2 aliphatic heterocycles. The van der Waals surface area contributed by atoms with Crippen LogP contribution in [0.1, 0.15) is 17.2 Å². The van der Waals surface area contributed by atoms with Gasteiger partial charge in [0.15, 0.2) is 0 Å². The minimum absolute atomic E-state index is 0.00565. The number of morpholine rings is 1. The number of amides is 1. The lowest BCUT2D eigenvalue weighted by atomic mass is 10.0. The molecule has 2 aliphatic rings. The van der Waals surface area contributed by atoms with Crippen LogP contribution in [0, 0.1) is 17.1 Å². The Hall–Kier alpha value is -4.60. The number of halogens is 3. The maximum Gasteiger partial charge on any atom is 0.243 e. The van der Waals surface area contributed by atoms with Gasteiger partial charge in [-0.2, -0.15) is 5.26 Å². The summed E-state index contributed by atoms with van der Waals surface area (Å²) in [5.41, 5.74) is 10.3. The molecule has 0 saturated carbocycles. The summed E-state index contributed by atoms with van der Waals surface area (Å²) in [6.45, 7) is 2.35.